The van der Waals surface area contributed by atoms with Crippen LogP contribution in [0.4, 0.5) is 23.2 Å². The van der Waals surface area contributed by atoms with Crippen molar-refractivity contribution >= 4 is 11.8 Å². The lowest BCUT2D eigenvalue weighted by molar-refractivity contribution is 0.338. The highest BCUT2D eigenvalue weighted by molar-refractivity contribution is 5.59. The van der Waals surface area contributed by atoms with Crippen molar-refractivity contribution in [3.8, 4) is 0 Å². The number of nitrogens with one attached hydrogen (secondary N) is 1. The van der Waals surface area contributed by atoms with Gasteiger partial charge in [-0.25, -0.2) is 17.6 Å². The number of benzene rings is 2. The first-order valence-corrected chi connectivity index (χ1v) is 8.52. The minimum Gasteiger partial charge on any atom is -0.376 e. The number of rotatable bonds is 8. The molecule has 0 aliphatic heterocycles. The highest BCUT2D eigenvalue weighted by Crippen LogP contribution is 2.29. The highest BCUT2D eigenvalue weighted by atomic mass is 19.2. The average molecular weight is 366 g/mol. The number of nitrogens with zero attached hydrogens (tertiary/aromatic N) is 1. The van der Waals surface area contributed by atoms with E-state index in [0.29, 0.717) is 6.54 Å². The zero-order valence-corrected chi connectivity index (χ0v) is 14.8. The summed E-state index contributed by atoms with van der Waals surface area (Å²) in [5.74, 6) is -5.67. The topological polar surface area (TPSA) is 15.3 Å². The monoisotopic (exact) mass is 366 g/mol. The molecule has 0 aliphatic rings. The van der Waals surface area contributed by atoms with Crippen molar-refractivity contribution < 1.29 is 17.6 Å². The summed E-state index contributed by atoms with van der Waals surface area (Å²) in [6, 6.07) is 8.78. The van der Waals surface area contributed by atoms with Gasteiger partial charge in [-0.1, -0.05) is 56.3 Å². The molecule has 0 saturated heterocycles. The fraction of sp³-hybridized carbons (Fsp3) is 0.300. The molecular formula is C20H22F4N2. The smallest absolute Gasteiger partial charge is 0.185 e. The van der Waals surface area contributed by atoms with Gasteiger partial charge in [-0.05, 0) is 18.7 Å². The van der Waals surface area contributed by atoms with Crippen LogP contribution in [0.5, 0.6) is 0 Å². The lowest BCUT2D eigenvalue weighted by atomic mass is 10.1. The molecule has 0 radical (unpaired) electrons. The summed E-state index contributed by atoms with van der Waals surface area (Å²) in [4.78, 5) is 1.99. The standard InChI is InChI=1S/C20H22F4N2/c1-3-26(4-2)12-8-11-15-16(21)18(23)20(19(24)17(15)22)25-13-14-9-6-5-7-10-14/h5-11,25H,3-4,12-13H2,1-2H3. The molecule has 2 rings (SSSR count). The van der Waals surface area contributed by atoms with Crippen molar-refractivity contribution in [2.45, 2.75) is 20.4 Å². The quantitative estimate of drug-likeness (QED) is 0.510. The molecule has 1 N–H and O–H groups in total. The van der Waals surface area contributed by atoms with E-state index < -0.39 is 34.5 Å². The third-order valence-electron chi connectivity index (χ3n) is 4.15. The second-order valence-electron chi connectivity index (χ2n) is 5.77. The first-order chi connectivity index (χ1) is 12.5. The van der Waals surface area contributed by atoms with Crippen molar-refractivity contribution in [2.75, 3.05) is 25.0 Å². The van der Waals surface area contributed by atoms with Crippen LogP contribution in [0, 0.1) is 23.3 Å². The third-order valence-corrected chi connectivity index (χ3v) is 4.15. The molecule has 140 valence electrons. The van der Waals surface area contributed by atoms with E-state index in [1.165, 1.54) is 6.08 Å². The molecule has 2 nitrogen and oxygen atoms in total. The van der Waals surface area contributed by atoms with Gasteiger partial charge in [0.2, 0.25) is 0 Å². The predicted molar refractivity (Wildman–Crippen MR) is 96.9 cm³/mol. The fourth-order valence-electron chi connectivity index (χ4n) is 2.54. The molecule has 2 aromatic rings. The summed E-state index contributed by atoms with van der Waals surface area (Å²) in [5.41, 5.74) is -0.780. The van der Waals surface area contributed by atoms with Crippen molar-refractivity contribution in [3.05, 3.63) is 70.8 Å². The summed E-state index contributed by atoms with van der Waals surface area (Å²) in [7, 11) is 0. The van der Waals surface area contributed by atoms with Crippen LogP contribution in [0.25, 0.3) is 6.08 Å². The number of halogens is 4. The summed E-state index contributed by atoms with van der Waals surface area (Å²) in [6.07, 6.45) is 2.57. The number of likely N-dealkylation sites (N-methyl/N-ethyl adjacent to an activating group) is 1. The van der Waals surface area contributed by atoms with E-state index >= 15 is 0 Å². The molecular weight excluding hydrogens is 344 g/mol. The van der Waals surface area contributed by atoms with Crippen molar-refractivity contribution in [2.24, 2.45) is 0 Å². The van der Waals surface area contributed by atoms with Crippen molar-refractivity contribution in [3.63, 3.8) is 0 Å². The zero-order chi connectivity index (χ0) is 19.1. The molecule has 0 saturated carbocycles. The Bertz CT molecular complexity index is 727. The van der Waals surface area contributed by atoms with Gasteiger partial charge in [0.1, 0.15) is 5.69 Å². The van der Waals surface area contributed by atoms with Gasteiger partial charge in [0.25, 0.3) is 0 Å². The molecule has 0 amide bonds. The molecule has 0 heterocycles. The van der Waals surface area contributed by atoms with Crippen LogP contribution >= 0.6 is 0 Å². The number of hydrogen-bond acceptors (Lipinski definition) is 2. The summed E-state index contributed by atoms with van der Waals surface area (Å²) >= 11 is 0. The van der Waals surface area contributed by atoms with Gasteiger partial charge in [0.15, 0.2) is 23.3 Å². The van der Waals surface area contributed by atoms with E-state index in [1.54, 1.807) is 30.3 Å². The van der Waals surface area contributed by atoms with Gasteiger partial charge < -0.3 is 10.2 Å². The second-order valence-corrected chi connectivity index (χ2v) is 5.77. The van der Waals surface area contributed by atoms with Gasteiger partial charge in [-0.15, -0.1) is 0 Å². The normalized spacial score (nSPS) is 11.5. The number of anilines is 1. The Morgan fingerprint density at radius 2 is 1.46 bits per heavy atom. The fourth-order valence-corrected chi connectivity index (χ4v) is 2.54. The Hall–Kier alpha value is -2.34. The summed E-state index contributed by atoms with van der Waals surface area (Å²) in [5, 5.41) is 2.44. The largest absolute Gasteiger partial charge is 0.376 e. The minimum atomic E-state index is -1.43. The Balaban J connectivity index is 2.24. The number of hydrogen-bond donors (Lipinski definition) is 1. The molecule has 2 aromatic carbocycles. The molecule has 0 aromatic heterocycles. The maximum atomic E-state index is 14.2. The van der Waals surface area contributed by atoms with Crippen LogP contribution in [-0.4, -0.2) is 24.5 Å². The van der Waals surface area contributed by atoms with Gasteiger partial charge in [0, 0.05) is 13.1 Å². The first kappa shape index (κ1) is 20.0. The van der Waals surface area contributed by atoms with E-state index in [0.717, 1.165) is 24.7 Å². The van der Waals surface area contributed by atoms with E-state index in [2.05, 4.69) is 5.32 Å². The predicted octanol–water partition coefficient (Wildman–Crippen LogP) is 5.21. The third kappa shape index (κ3) is 4.64. The lowest BCUT2D eigenvalue weighted by Gasteiger charge is -2.15. The zero-order valence-electron chi connectivity index (χ0n) is 14.8. The molecule has 0 spiro atoms. The molecule has 0 atom stereocenters. The van der Waals surface area contributed by atoms with Crippen molar-refractivity contribution in [1.29, 1.82) is 0 Å². The van der Waals surface area contributed by atoms with Gasteiger partial charge >= 0.3 is 0 Å². The van der Waals surface area contributed by atoms with E-state index in [1.807, 2.05) is 18.7 Å². The Morgan fingerprint density at radius 3 is 2.00 bits per heavy atom. The molecule has 26 heavy (non-hydrogen) atoms. The van der Waals surface area contributed by atoms with Crippen LogP contribution < -0.4 is 5.32 Å². The van der Waals surface area contributed by atoms with Gasteiger partial charge in [0.05, 0.1) is 5.56 Å². The molecule has 0 bridgehead atoms. The Morgan fingerprint density at radius 1 is 0.885 bits per heavy atom. The van der Waals surface area contributed by atoms with E-state index in [9.17, 15) is 17.6 Å². The van der Waals surface area contributed by atoms with Crippen LogP contribution in [0.15, 0.2) is 36.4 Å². The molecule has 6 heteroatoms. The molecule has 0 unspecified atom stereocenters. The summed E-state index contributed by atoms with van der Waals surface area (Å²) < 4.78 is 56.9. The lowest BCUT2D eigenvalue weighted by Crippen LogP contribution is -2.22. The first-order valence-electron chi connectivity index (χ1n) is 8.52. The maximum absolute atomic E-state index is 14.2. The van der Waals surface area contributed by atoms with Crippen LogP contribution in [0.3, 0.4) is 0 Å². The van der Waals surface area contributed by atoms with Gasteiger partial charge in [-0.3, -0.25) is 0 Å². The SMILES string of the molecule is CCN(CC)CC=Cc1c(F)c(F)c(NCc2ccccc2)c(F)c1F. The van der Waals surface area contributed by atoms with Crippen LogP contribution in [0.1, 0.15) is 25.0 Å². The average Bonchev–Trinajstić information content (AvgIpc) is 2.67. The minimum absolute atomic E-state index is 0.0463. The van der Waals surface area contributed by atoms with E-state index in [4.69, 9.17) is 0 Å². The van der Waals surface area contributed by atoms with Crippen molar-refractivity contribution in [1.82, 2.24) is 4.90 Å². The van der Waals surface area contributed by atoms with E-state index in [-0.39, 0.29) is 6.54 Å². The van der Waals surface area contributed by atoms with Gasteiger partial charge in [-0.2, -0.15) is 0 Å². The molecule has 0 aliphatic carbocycles. The van der Waals surface area contributed by atoms with Crippen LogP contribution in [-0.2, 0) is 6.54 Å². The highest BCUT2D eigenvalue weighted by Gasteiger charge is 2.24. The van der Waals surface area contributed by atoms with Crippen LogP contribution in [0.2, 0.25) is 0 Å². The molecule has 0 fully saturated rings. The second kappa shape index (κ2) is 9.38. The Kier molecular flexibility index (Phi) is 7.21. The Labute approximate surface area is 151 Å². The maximum Gasteiger partial charge on any atom is 0.185 e. The summed E-state index contributed by atoms with van der Waals surface area (Å²) in [6.45, 7) is 5.90.